The van der Waals surface area contributed by atoms with E-state index in [-0.39, 0.29) is 5.92 Å². The predicted molar refractivity (Wildman–Crippen MR) is 85.2 cm³/mol. The highest BCUT2D eigenvalue weighted by molar-refractivity contribution is 5.86. The molecular formula is C19H22O6. The van der Waals surface area contributed by atoms with E-state index in [2.05, 4.69) is 6.58 Å². The summed E-state index contributed by atoms with van der Waals surface area (Å²) in [6.07, 6.45) is 4.11. The Hall–Kier alpha value is -1.66. The lowest BCUT2D eigenvalue weighted by Gasteiger charge is -2.44. The van der Waals surface area contributed by atoms with Gasteiger partial charge in [-0.25, -0.2) is 0 Å². The van der Waals surface area contributed by atoms with Crippen LogP contribution < -0.4 is 0 Å². The Morgan fingerprint density at radius 3 is 2.84 bits per heavy atom. The van der Waals surface area contributed by atoms with Gasteiger partial charge in [-0.2, -0.15) is 0 Å². The lowest BCUT2D eigenvalue weighted by atomic mass is 9.61. The van der Waals surface area contributed by atoms with Gasteiger partial charge in [-0.05, 0) is 49.7 Å². The molecule has 6 heteroatoms. The van der Waals surface area contributed by atoms with Crippen molar-refractivity contribution in [1.82, 2.24) is 0 Å². The van der Waals surface area contributed by atoms with E-state index in [9.17, 15) is 24.9 Å². The molecule has 25 heavy (non-hydrogen) atoms. The summed E-state index contributed by atoms with van der Waals surface area (Å²) in [5, 5.41) is 31.6. The maximum Gasteiger partial charge on any atom is 0.316 e. The van der Waals surface area contributed by atoms with Gasteiger partial charge in [0.25, 0.3) is 0 Å². The number of carboxylic acids is 1. The Balaban J connectivity index is 1.78. The summed E-state index contributed by atoms with van der Waals surface area (Å²) < 4.78 is 5.87. The van der Waals surface area contributed by atoms with Gasteiger partial charge in [0, 0.05) is 11.8 Å². The van der Waals surface area contributed by atoms with Crippen molar-refractivity contribution in [1.29, 1.82) is 0 Å². The Morgan fingerprint density at radius 2 is 2.16 bits per heavy atom. The quantitative estimate of drug-likeness (QED) is 0.484. The highest BCUT2D eigenvalue weighted by atomic mass is 16.6. The molecule has 1 heterocycles. The van der Waals surface area contributed by atoms with Crippen LogP contribution in [0.2, 0.25) is 0 Å². The van der Waals surface area contributed by atoms with Crippen molar-refractivity contribution < 1.29 is 29.6 Å². The first kappa shape index (κ1) is 15.6. The maximum absolute atomic E-state index is 12.7. The molecule has 4 bridgehead atoms. The molecule has 1 aliphatic heterocycles. The number of aliphatic hydroxyl groups excluding tert-OH is 1. The van der Waals surface area contributed by atoms with Crippen molar-refractivity contribution in [3.63, 3.8) is 0 Å². The lowest BCUT2D eigenvalue weighted by Crippen LogP contribution is -2.50. The molecule has 0 aromatic rings. The van der Waals surface area contributed by atoms with Crippen LogP contribution in [0.5, 0.6) is 0 Å². The second kappa shape index (κ2) is 4.01. The van der Waals surface area contributed by atoms with Crippen molar-refractivity contribution >= 4 is 11.9 Å². The minimum absolute atomic E-state index is 0.180. The van der Waals surface area contributed by atoms with Crippen LogP contribution in [-0.2, 0) is 14.3 Å². The Bertz CT molecular complexity index is 772. The largest absolute Gasteiger partial charge is 0.481 e. The van der Waals surface area contributed by atoms with Gasteiger partial charge >= 0.3 is 11.9 Å². The number of fused-ring (bicyclic) bond motifs is 1. The fourth-order valence-corrected chi connectivity index (χ4v) is 7.13. The number of aliphatic carboxylic acids is 1. The van der Waals surface area contributed by atoms with Crippen molar-refractivity contribution in [2.75, 3.05) is 0 Å². The van der Waals surface area contributed by atoms with Crippen molar-refractivity contribution in [3.8, 4) is 0 Å². The molecular weight excluding hydrogens is 324 g/mol. The van der Waals surface area contributed by atoms with E-state index in [1.165, 1.54) is 0 Å². The Morgan fingerprint density at radius 1 is 1.44 bits per heavy atom. The summed E-state index contributed by atoms with van der Waals surface area (Å²) in [5.74, 6) is -3.18. The molecule has 0 amide bonds. The maximum atomic E-state index is 12.7. The van der Waals surface area contributed by atoms with Crippen LogP contribution in [0, 0.1) is 28.6 Å². The van der Waals surface area contributed by atoms with Crippen LogP contribution in [0.3, 0.4) is 0 Å². The molecule has 0 radical (unpaired) electrons. The van der Waals surface area contributed by atoms with Gasteiger partial charge in [0.1, 0.15) is 11.0 Å². The second-order valence-corrected chi connectivity index (χ2v) is 8.94. The number of hydrogen-bond acceptors (Lipinski definition) is 5. The predicted octanol–water partition coefficient (Wildman–Crippen LogP) is 1.03. The molecule has 134 valence electrons. The minimum atomic E-state index is -1.27. The van der Waals surface area contributed by atoms with E-state index in [4.69, 9.17) is 4.74 Å². The number of ether oxygens (including phenoxy) is 1. The van der Waals surface area contributed by atoms with Crippen molar-refractivity contribution in [3.05, 3.63) is 24.3 Å². The van der Waals surface area contributed by atoms with Gasteiger partial charge in [-0.3, -0.25) is 9.59 Å². The zero-order valence-corrected chi connectivity index (χ0v) is 14.1. The summed E-state index contributed by atoms with van der Waals surface area (Å²) in [6.45, 7) is 5.64. The number of esters is 1. The molecule has 1 saturated heterocycles. The molecule has 0 aromatic carbocycles. The number of hydrogen-bond donors (Lipinski definition) is 3. The number of rotatable bonds is 1. The van der Waals surface area contributed by atoms with E-state index in [0.717, 1.165) is 0 Å². The molecule has 0 aromatic heterocycles. The summed E-state index contributed by atoms with van der Waals surface area (Å²) in [5.41, 5.74) is -3.29. The molecule has 4 fully saturated rings. The Labute approximate surface area is 145 Å². The smallest absolute Gasteiger partial charge is 0.316 e. The third-order valence-corrected chi connectivity index (χ3v) is 8.12. The number of carbonyl (C=O) groups is 2. The van der Waals surface area contributed by atoms with Gasteiger partial charge in [-0.1, -0.05) is 12.7 Å². The van der Waals surface area contributed by atoms with E-state index < -0.39 is 51.9 Å². The standard InChI is InChI=1S/C19H22O6/c1-9-7-17-8-18(9,24)5-3-10(17)19-6-4-11(20)16(2,15(23)25-19)13(19)12(17)14(21)22/h4,6,10-13,20,24H,1,3,5,7-8H2,2H3,(H,21,22)/t10-,11+,12-,13+,16+,17+,18+,19-/m1/s1. The third-order valence-electron chi connectivity index (χ3n) is 8.12. The molecule has 1 spiro atoms. The highest BCUT2D eigenvalue weighted by Crippen LogP contribution is 2.77. The van der Waals surface area contributed by atoms with Crippen molar-refractivity contribution in [2.45, 2.75) is 49.9 Å². The average Bonchev–Trinajstić information content (AvgIpc) is 2.95. The average molecular weight is 346 g/mol. The van der Waals surface area contributed by atoms with Crippen LogP contribution in [0.15, 0.2) is 24.3 Å². The summed E-state index contributed by atoms with van der Waals surface area (Å²) in [4.78, 5) is 25.1. The topological polar surface area (TPSA) is 104 Å². The first-order chi connectivity index (χ1) is 11.6. The molecule has 5 rings (SSSR count). The van der Waals surface area contributed by atoms with Gasteiger partial charge in [0.15, 0.2) is 0 Å². The molecule has 4 aliphatic carbocycles. The van der Waals surface area contributed by atoms with Crippen LogP contribution in [0.25, 0.3) is 0 Å². The van der Waals surface area contributed by atoms with E-state index >= 15 is 0 Å². The third kappa shape index (κ3) is 1.36. The monoisotopic (exact) mass is 346 g/mol. The number of carbonyl (C=O) groups excluding carboxylic acids is 1. The fourth-order valence-electron chi connectivity index (χ4n) is 7.13. The van der Waals surface area contributed by atoms with Crippen LogP contribution in [0.1, 0.15) is 32.6 Å². The first-order valence-electron chi connectivity index (χ1n) is 8.86. The molecule has 8 atom stereocenters. The van der Waals surface area contributed by atoms with Gasteiger partial charge in [-0.15, -0.1) is 0 Å². The van der Waals surface area contributed by atoms with Crippen LogP contribution >= 0.6 is 0 Å². The molecule has 0 unspecified atom stereocenters. The van der Waals surface area contributed by atoms with E-state index in [0.29, 0.717) is 31.3 Å². The van der Waals surface area contributed by atoms with Crippen LogP contribution in [-0.4, -0.2) is 44.6 Å². The molecule has 5 aliphatic rings. The zero-order valence-electron chi connectivity index (χ0n) is 14.1. The molecule has 3 saturated carbocycles. The fraction of sp³-hybridized carbons (Fsp3) is 0.684. The minimum Gasteiger partial charge on any atom is -0.481 e. The van der Waals surface area contributed by atoms with E-state index in [1.54, 1.807) is 19.1 Å². The number of carboxylic acid groups (broad SMARTS) is 1. The van der Waals surface area contributed by atoms with Gasteiger partial charge in [0.05, 0.1) is 17.6 Å². The summed E-state index contributed by atoms with van der Waals surface area (Å²) in [7, 11) is 0. The second-order valence-electron chi connectivity index (χ2n) is 8.94. The van der Waals surface area contributed by atoms with Gasteiger partial charge < -0.3 is 20.1 Å². The SMILES string of the molecule is C=C1C[C@]23C[C@@]1(O)CC[C@H]2[C@@]12C=C[C@H](O)[C@](C)(C(=O)O1)[C@@H]2[C@@H]3C(=O)O. The zero-order chi connectivity index (χ0) is 18.0. The molecule has 3 N–H and O–H groups in total. The normalized spacial score (nSPS) is 58.0. The Kier molecular flexibility index (Phi) is 2.50. The van der Waals surface area contributed by atoms with Crippen LogP contribution in [0.4, 0.5) is 0 Å². The number of aliphatic hydroxyl groups is 2. The highest BCUT2D eigenvalue weighted by Gasteiger charge is 2.83. The molecule has 6 nitrogen and oxygen atoms in total. The lowest BCUT2D eigenvalue weighted by molar-refractivity contribution is -0.163. The first-order valence-corrected chi connectivity index (χ1v) is 8.86. The van der Waals surface area contributed by atoms with Gasteiger partial charge in [0.2, 0.25) is 0 Å². The summed E-state index contributed by atoms with van der Waals surface area (Å²) in [6, 6.07) is 0. The van der Waals surface area contributed by atoms with E-state index in [1.807, 2.05) is 0 Å². The summed E-state index contributed by atoms with van der Waals surface area (Å²) >= 11 is 0. The van der Waals surface area contributed by atoms with Crippen molar-refractivity contribution in [2.24, 2.45) is 28.6 Å².